The number of rotatable bonds is 3. The van der Waals surface area contributed by atoms with Gasteiger partial charge in [-0.1, -0.05) is 12.1 Å². The quantitative estimate of drug-likeness (QED) is 0.730. The van der Waals surface area contributed by atoms with Gasteiger partial charge in [-0.05, 0) is 38.5 Å². The van der Waals surface area contributed by atoms with Crippen LogP contribution >= 0.6 is 12.6 Å². The van der Waals surface area contributed by atoms with Crippen molar-refractivity contribution >= 4 is 12.6 Å². The molecule has 0 radical (unpaired) electrons. The number of benzene rings is 1. The van der Waals surface area contributed by atoms with Crippen molar-refractivity contribution in [2.45, 2.75) is 31.3 Å². The molecule has 0 aliphatic rings. The normalized spacial score (nSPS) is 11.7. The van der Waals surface area contributed by atoms with Crippen molar-refractivity contribution in [3.05, 3.63) is 29.8 Å². The summed E-state index contributed by atoms with van der Waals surface area (Å²) >= 11 is 4.24. The summed E-state index contributed by atoms with van der Waals surface area (Å²) in [5.41, 5.74) is 0.989. The Hall–Kier alpha value is -0.470. The fourth-order valence-corrected chi connectivity index (χ4v) is 1.46. The van der Waals surface area contributed by atoms with Gasteiger partial charge in [0.15, 0.2) is 0 Å². The molecule has 2 heteroatoms. The van der Waals surface area contributed by atoms with Crippen LogP contribution in [-0.4, -0.2) is 6.61 Å². The third-order valence-electron chi connectivity index (χ3n) is 2.07. The summed E-state index contributed by atoms with van der Waals surface area (Å²) in [5.74, 6) is 0. The Morgan fingerprint density at radius 1 is 1.23 bits per heavy atom. The van der Waals surface area contributed by atoms with E-state index in [1.807, 2.05) is 19.1 Å². The van der Waals surface area contributed by atoms with Crippen molar-refractivity contribution in [3.63, 3.8) is 0 Å². The molecule has 0 saturated carbocycles. The zero-order valence-electron chi connectivity index (χ0n) is 8.37. The van der Waals surface area contributed by atoms with Crippen LogP contribution in [0.3, 0.4) is 0 Å². The molecule has 0 spiro atoms. The molecule has 0 saturated heterocycles. The summed E-state index contributed by atoms with van der Waals surface area (Å²) in [7, 11) is 0. The Morgan fingerprint density at radius 3 is 2.23 bits per heavy atom. The van der Waals surface area contributed by atoms with Gasteiger partial charge in [-0.3, -0.25) is 0 Å². The zero-order valence-corrected chi connectivity index (χ0v) is 9.27. The van der Waals surface area contributed by atoms with Gasteiger partial charge in [0.2, 0.25) is 0 Å². The highest BCUT2D eigenvalue weighted by molar-refractivity contribution is 7.80. The summed E-state index contributed by atoms with van der Waals surface area (Å²) in [4.78, 5) is 0.982. The van der Waals surface area contributed by atoms with Crippen LogP contribution in [-0.2, 0) is 10.3 Å². The largest absolute Gasteiger partial charge is 0.371 e. The topological polar surface area (TPSA) is 9.23 Å². The maximum atomic E-state index is 5.63. The lowest BCUT2D eigenvalue weighted by Crippen LogP contribution is -2.21. The lowest BCUT2D eigenvalue weighted by atomic mass is 9.98. The average molecular weight is 196 g/mol. The molecule has 0 aliphatic heterocycles. The van der Waals surface area contributed by atoms with E-state index in [9.17, 15) is 0 Å². The zero-order chi connectivity index (χ0) is 9.90. The van der Waals surface area contributed by atoms with Crippen LogP contribution in [0.25, 0.3) is 0 Å². The van der Waals surface area contributed by atoms with E-state index in [0.29, 0.717) is 0 Å². The summed E-state index contributed by atoms with van der Waals surface area (Å²) in [5, 5.41) is 0. The first-order chi connectivity index (χ1) is 6.06. The van der Waals surface area contributed by atoms with Gasteiger partial charge >= 0.3 is 0 Å². The van der Waals surface area contributed by atoms with Crippen molar-refractivity contribution in [2.75, 3.05) is 6.61 Å². The predicted octanol–water partition coefficient (Wildman–Crippen LogP) is 3.25. The van der Waals surface area contributed by atoms with Gasteiger partial charge in [0.05, 0.1) is 5.60 Å². The highest BCUT2D eigenvalue weighted by Gasteiger charge is 2.19. The van der Waals surface area contributed by atoms with E-state index in [0.717, 1.165) is 11.5 Å². The third kappa shape index (κ3) is 2.75. The Labute approximate surface area is 85.5 Å². The van der Waals surface area contributed by atoms with E-state index in [4.69, 9.17) is 4.74 Å². The minimum atomic E-state index is -0.198. The molecule has 1 nitrogen and oxygen atoms in total. The van der Waals surface area contributed by atoms with Gasteiger partial charge in [-0.15, -0.1) is 12.6 Å². The first-order valence-electron chi connectivity index (χ1n) is 4.49. The maximum Gasteiger partial charge on any atom is 0.0875 e. The molecule has 1 aromatic carbocycles. The van der Waals surface area contributed by atoms with Crippen LogP contribution in [0.2, 0.25) is 0 Å². The molecule has 0 unspecified atom stereocenters. The second-order valence-corrected chi connectivity index (χ2v) is 4.01. The molecule has 0 bridgehead atoms. The molecule has 0 aliphatic carbocycles. The van der Waals surface area contributed by atoms with Gasteiger partial charge < -0.3 is 4.74 Å². The van der Waals surface area contributed by atoms with E-state index < -0.39 is 0 Å². The molecule has 72 valence electrons. The molecule has 0 amide bonds. The summed E-state index contributed by atoms with van der Waals surface area (Å²) in [6, 6.07) is 8.08. The van der Waals surface area contributed by atoms with Crippen LogP contribution in [0.1, 0.15) is 26.3 Å². The van der Waals surface area contributed by atoms with Crippen molar-refractivity contribution in [1.29, 1.82) is 0 Å². The van der Waals surface area contributed by atoms with Crippen LogP contribution in [0.4, 0.5) is 0 Å². The molecule has 0 fully saturated rings. The van der Waals surface area contributed by atoms with Gasteiger partial charge in [-0.25, -0.2) is 0 Å². The van der Waals surface area contributed by atoms with Gasteiger partial charge in [0.1, 0.15) is 0 Å². The van der Waals surface area contributed by atoms with Crippen LogP contribution in [0.15, 0.2) is 29.2 Å². The Balaban J connectivity index is 2.87. The highest BCUT2D eigenvalue weighted by Crippen LogP contribution is 2.25. The fraction of sp³-hybridized carbons (Fsp3) is 0.455. The molecule has 13 heavy (non-hydrogen) atoms. The maximum absolute atomic E-state index is 5.63. The number of hydrogen-bond acceptors (Lipinski definition) is 2. The lowest BCUT2D eigenvalue weighted by molar-refractivity contribution is -0.0140. The minimum absolute atomic E-state index is 0.198. The highest BCUT2D eigenvalue weighted by atomic mass is 32.1. The van der Waals surface area contributed by atoms with E-state index in [2.05, 4.69) is 38.6 Å². The van der Waals surface area contributed by atoms with Crippen LogP contribution in [0.5, 0.6) is 0 Å². The van der Waals surface area contributed by atoms with E-state index >= 15 is 0 Å². The van der Waals surface area contributed by atoms with Crippen LogP contribution < -0.4 is 0 Å². The smallest absolute Gasteiger partial charge is 0.0875 e. The Morgan fingerprint density at radius 2 is 1.77 bits per heavy atom. The van der Waals surface area contributed by atoms with Gasteiger partial charge in [-0.2, -0.15) is 0 Å². The second-order valence-electron chi connectivity index (χ2n) is 3.49. The standard InChI is InChI=1S/C11H16OS/c1-4-12-11(2,3)9-5-7-10(13)8-6-9/h5-8,13H,4H2,1-3H3. The van der Waals surface area contributed by atoms with Crippen molar-refractivity contribution in [3.8, 4) is 0 Å². The number of thiol groups is 1. The molecular weight excluding hydrogens is 180 g/mol. The van der Waals surface area contributed by atoms with E-state index in [1.54, 1.807) is 0 Å². The first kappa shape index (κ1) is 10.6. The van der Waals surface area contributed by atoms with E-state index in [1.165, 1.54) is 5.56 Å². The SMILES string of the molecule is CCOC(C)(C)c1ccc(S)cc1. The van der Waals surface area contributed by atoms with Crippen molar-refractivity contribution < 1.29 is 4.74 Å². The van der Waals surface area contributed by atoms with Crippen molar-refractivity contribution in [2.24, 2.45) is 0 Å². The van der Waals surface area contributed by atoms with Crippen LogP contribution in [0, 0.1) is 0 Å². The van der Waals surface area contributed by atoms with Crippen molar-refractivity contribution in [1.82, 2.24) is 0 Å². The first-order valence-corrected chi connectivity index (χ1v) is 4.94. The van der Waals surface area contributed by atoms with Gasteiger partial charge in [0.25, 0.3) is 0 Å². The monoisotopic (exact) mass is 196 g/mol. The lowest BCUT2D eigenvalue weighted by Gasteiger charge is -2.25. The molecule has 0 N–H and O–H groups in total. The number of ether oxygens (including phenoxy) is 1. The second kappa shape index (κ2) is 4.16. The molecular formula is C11H16OS. The van der Waals surface area contributed by atoms with Gasteiger partial charge in [0, 0.05) is 11.5 Å². The molecule has 0 heterocycles. The Bertz CT molecular complexity index is 264. The molecule has 0 aromatic heterocycles. The predicted molar refractivity (Wildman–Crippen MR) is 58.3 cm³/mol. The number of hydrogen-bond donors (Lipinski definition) is 1. The average Bonchev–Trinajstić information content (AvgIpc) is 2.05. The summed E-state index contributed by atoms with van der Waals surface area (Å²) < 4.78 is 5.63. The fourth-order valence-electron chi connectivity index (χ4n) is 1.31. The minimum Gasteiger partial charge on any atom is -0.371 e. The molecule has 0 atom stereocenters. The molecule has 1 aromatic rings. The molecule has 1 rings (SSSR count). The summed E-state index contributed by atoms with van der Waals surface area (Å²) in [6.07, 6.45) is 0. The Kier molecular flexibility index (Phi) is 3.40. The van der Waals surface area contributed by atoms with E-state index in [-0.39, 0.29) is 5.60 Å². The third-order valence-corrected chi connectivity index (χ3v) is 2.37. The summed E-state index contributed by atoms with van der Waals surface area (Å²) in [6.45, 7) is 6.89.